The molecule has 4 nitrogen and oxygen atoms in total. The van der Waals surface area contributed by atoms with Crippen molar-refractivity contribution in [1.29, 1.82) is 0 Å². The Bertz CT molecular complexity index is 619. The second kappa shape index (κ2) is 6.26. The minimum Gasteiger partial charge on any atom is -0.264 e. The number of benzene rings is 1. The first-order chi connectivity index (χ1) is 9.25. The van der Waals surface area contributed by atoms with Gasteiger partial charge in [0.05, 0.1) is 4.92 Å². The Morgan fingerprint density at radius 3 is 2.47 bits per heavy atom. The summed E-state index contributed by atoms with van der Waals surface area (Å²) in [5, 5.41) is 10.6. The highest BCUT2D eigenvalue weighted by Gasteiger charge is 2.02. The molecule has 1 aromatic heterocycles. The van der Waals surface area contributed by atoms with Crippen molar-refractivity contribution >= 4 is 17.8 Å². The van der Waals surface area contributed by atoms with E-state index in [2.05, 4.69) is 4.98 Å². The number of nitrogens with zero attached hydrogens (tertiary/aromatic N) is 2. The predicted molar refractivity (Wildman–Crippen MR) is 75.4 cm³/mol. The summed E-state index contributed by atoms with van der Waals surface area (Å²) in [6.07, 6.45) is 10.9. The van der Waals surface area contributed by atoms with Crippen LogP contribution >= 0.6 is 0 Å². The molecular formula is C15H12N2O2. The highest BCUT2D eigenvalue weighted by molar-refractivity contribution is 5.58. The van der Waals surface area contributed by atoms with Gasteiger partial charge in [0.25, 0.3) is 5.69 Å². The zero-order chi connectivity index (χ0) is 13.5. The molecule has 19 heavy (non-hydrogen) atoms. The molecule has 0 bridgehead atoms. The Labute approximate surface area is 110 Å². The van der Waals surface area contributed by atoms with Crippen molar-refractivity contribution in [2.24, 2.45) is 0 Å². The third kappa shape index (κ3) is 3.89. The van der Waals surface area contributed by atoms with Crippen LogP contribution in [-0.2, 0) is 0 Å². The van der Waals surface area contributed by atoms with Gasteiger partial charge in [0.2, 0.25) is 0 Å². The fourth-order valence-electron chi connectivity index (χ4n) is 1.55. The summed E-state index contributed by atoms with van der Waals surface area (Å²) < 4.78 is 0. The van der Waals surface area contributed by atoms with E-state index < -0.39 is 4.92 Å². The Morgan fingerprint density at radius 1 is 1.05 bits per heavy atom. The highest BCUT2D eigenvalue weighted by atomic mass is 16.6. The maximum atomic E-state index is 10.6. The SMILES string of the molecule is O=[N+]([O-])c1cccc(/C=C/C=C/c2cccnc2)c1. The molecule has 0 saturated carbocycles. The average Bonchev–Trinajstić information content (AvgIpc) is 2.45. The number of non-ortho nitro benzene ring substituents is 1. The summed E-state index contributed by atoms with van der Waals surface area (Å²) >= 11 is 0. The number of aromatic nitrogens is 1. The Hall–Kier alpha value is -2.75. The van der Waals surface area contributed by atoms with E-state index in [0.717, 1.165) is 11.1 Å². The van der Waals surface area contributed by atoms with E-state index >= 15 is 0 Å². The van der Waals surface area contributed by atoms with Crippen molar-refractivity contribution in [3.8, 4) is 0 Å². The van der Waals surface area contributed by atoms with Gasteiger partial charge < -0.3 is 0 Å². The van der Waals surface area contributed by atoms with Crippen LogP contribution in [0.15, 0.2) is 60.9 Å². The smallest absolute Gasteiger partial charge is 0.264 e. The van der Waals surface area contributed by atoms with E-state index in [-0.39, 0.29) is 5.69 Å². The second-order valence-corrected chi connectivity index (χ2v) is 3.86. The van der Waals surface area contributed by atoms with E-state index in [1.54, 1.807) is 18.5 Å². The lowest BCUT2D eigenvalue weighted by molar-refractivity contribution is -0.384. The first kappa shape index (κ1) is 12.7. The molecule has 0 radical (unpaired) electrons. The molecule has 0 aliphatic carbocycles. The zero-order valence-corrected chi connectivity index (χ0v) is 10.1. The number of nitro groups is 1. The monoisotopic (exact) mass is 252 g/mol. The van der Waals surface area contributed by atoms with E-state index in [0.29, 0.717) is 0 Å². The first-order valence-electron chi connectivity index (χ1n) is 5.75. The molecule has 0 N–H and O–H groups in total. The second-order valence-electron chi connectivity index (χ2n) is 3.86. The van der Waals surface area contributed by atoms with Crippen molar-refractivity contribution in [1.82, 2.24) is 4.98 Å². The van der Waals surface area contributed by atoms with Gasteiger partial charge in [-0.1, -0.05) is 42.5 Å². The fourth-order valence-corrected chi connectivity index (χ4v) is 1.55. The highest BCUT2D eigenvalue weighted by Crippen LogP contribution is 2.14. The molecule has 0 unspecified atom stereocenters. The maximum absolute atomic E-state index is 10.6. The summed E-state index contributed by atoms with van der Waals surface area (Å²) in [6, 6.07) is 10.3. The molecule has 0 atom stereocenters. The minimum absolute atomic E-state index is 0.0957. The largest absolute Gasteiger partial charge is 0.270 e. The molecule has 0 aliphatic heterocycles. The van der Waals surface area contributed by atoms with Crippen LogP contribution in [-0.4, -0.2) is 9.91 Å². The molecule has 0 spiro atoms. The van der Waals surface area contributed by atoms with E-state index in [9.17, 15) is 10.1 Å². The van der Waals surface area contributed by atoms with Crippen molar-refractivity contribution in [2.45, 2.75) is 0 Å². The van der Waals surface area contributed by atoms with Gasteiger partial charge in [-0.25, -0.2) is 0 Å². The Morgan fingerprint density at radius 2 is 1.79 bits per heavy atom. The van der Waals surface area contributed by atoms with Crippen LogP contribution in [0.4, 0.5) is 5.69 Å². The number of allylic oxidation sites excluding steroid dienone is 2. The van der Waals surface area contributed by atoms with Crippen molar-refractivity contribution in [2.75, 3.05) is 0 Å². The van der Waals surface area contributed by atoms with Crippen molar-refractivity contribution < 1.29 is 4.92 Å². The van der Waals surface area contributed by atoms with Crippen molar-refractivity contribution in [3.05, 3.63) is 82.2 Å². The van der Waals surface area contributed by atoms with Crippen LogP contribution < -0.4 is 0 Å². The lowest BCUT2D eigenvalue weighted by atomic mass is 10.2. The molecule has 2 rings (SSSR count). The topological polar surface area (TPSA) is 56.0 Å². The van der Waals surface area contributed by atoms with Gasteiger partial charge in [0, 0.05) is 24.5 Å². The lowest BCUT2D eigenvalue weighted by Crippen LogP contribution is -1.87. The number of nitro benzene ring substituents is 1. The molecule has 0 aliphatic rings. The lowest BCUT2D eigenvalue weighted by Gasteiger charge is -1.93. The van der Waals surface area contributed by atoms with E-state index in [4.69, 9.17) is 0 Å². The van der Waals surface area contributed by atoms with Crippen LogP contribution in [0.1, 0.15) is 11.1 Å². The van der Waals surface area contributed by atoms with E-state index in [1.165, 1.54) is 12.1 Å². The molecule has 2 aromatic rings. The molecule has 4 heteroatoms. The summed E-state index contributed by atoms with van der Waals surface area (Å²) in [5.41, 5.74) is 1.90. The molecule has 0 saturated heterocycles. The van der Waals surface area contributed by atoms with Crippen LogP contribution in [0.2, 0.25) is 0 Å². The van der Waals surface area contributed by atoms with Crippen LogP contribution in [0, 0.1) is 10.1 Å². The standard InChI is InChI=1S/C15H12N2O2/c18-17(19)15-9-3-7-13(11-15)5-1-2-6-14-8-4-10-16-12-14/h1-12H/b5-1+,6-2+. The molecule has 0 amide bonds. The number of rotatable bonds is 4. The summed E-state index contributed by atoms with van der Waals surface area (Å²) in [5.74, 6) is 0. The number of hydrogen-bond donors (Lipinski definition) is 0. The molecule has 0 fully saturated rings. The van der Waals surface area contributed by atoms with Crippen LogP contribution in [0.3, 0.4) is 0 Å². The quantitative estimate of drug-likeness (QED) is 0.473. The summed E-state index contributed by atoms with van der Waals surface area (Å²) in [4.78, 5) is 14.2. The van der Waals surface area contributed by atoms with Crippen LogP contribution in [0.25, 0.3) is 12.2 Å². The molecule has 1 aromatic carbocycles. The third-order valence-corrected chi connectivity index (χ3v) is 2.45. The minimum atomic E-state index is -0.400. The van der Waals surface area contributed by atoms with Gasteiger partial charge in [0.15, 0.2) is 0 Å². The van der Waals surface area contributed by atoms with Crippen molar-refractivity contribution in [3.63, 3.8) is 0 Å². The van der Waals surface area contributed by atoms with Gasteiger partial charge in [-0.15, -0.1) is 0 Å². The number of pyridine rings is 1. The Balaban J connectivity index is 2.05. The van der Waals surface area contributed by atoms with Gasteiger partial charge >= 0.3 is 0 Å². The maximum Gasteiger partial charge on any atom is 0.270 e. The predicted octanol–water partition coefficient (Wildman–Crippen LogP) is 3.72. The first-order valence-corrected chi connectivity index (χ1v) is 5.75. The molecule has 1 heterocycles. The summed E-state index contributed by atoms with van der Waals surface area (Å²) in [7, 11) is 0. The fraction of sp³-hybridized carbons (Fsp3) is 0. The van der Waals surface area contributed by atoms with E-state index in [1.807, 2.05) is 42.5 Å². The average molecular weight is 252 g/mol. The van der Waals surface area contributed by atoms with Gasteiger partial charge in [-0.3, -0.25) is 15.1 Å². The molecule has 94 valence electrons. The Kier molecular flexibility index (Phi) is 4.18. The van der Waals surface area contributed by atoms with Gasteiger partial charge in [-0.05, 0) is 17.2 Å². The normalized spacial score (nSPS) is 11.2. The zero-order valence-electron chi connectivity index (χ0n) is 10.1. The van der Waals surface area contributed by atoms with Crippen LogP contribution in [0.5, 0.6) is 0 Å². The third-order valence-electron chi connectivity index (χ3n) is 2.45. The summed E-state index contributed by atoms with van der Waals surface area (Å²) in [6.45, 7) is 0. The van der Waals surface area contributed by atoms with Gasteiger partial charge in [0.1, 0.15) is 0 Å². The molecular weight excluding hydrogens is 240 g/mol. The number of hydrogen-bond acceptors (Lipinski definition) is 3. The van der Waals surface area contributed by atoms with Gasteiger partial charge in [-0.2, -0.15) is 0 Å².